The van der Waals surface area contributed by atoms with Crippen molar-refractivity contribution in [1.29, 1.82) is 0 Å². The van der Waals surface area contributed by atoms with E-state index in [1.165, 1.54) is 22.1 Å². The lowest BCUT2D eigenvalue weighted by Crippen LogP contribution is -2.13. The lowest BCUT2D eigenvalue weighted by atomic mass is 9.84. The Bertz CT molecular complexity index is 1470. The highest BCUT2D eigenvalue weighted by atomic mass is 17.2. The molecule has 6 nitrogen and oxygen atoms in total. The monoisotopic (exact) mass is 482 g/mol. The average Bonchev–Trinajstić information content (AvgIpc) is 3.30. The van der Waals surface area contributed by atoms with Gasteiger partial charge in [0, 0.05) is 36.7 Å². The molecule has 36 heavy (non-hydrogen) atoms. The first kappa shape index (κ1) is 23.0. The first-order valence-electron chi connectivity index (χ1n) is 12.8. The molecule has 3 heterocycles. The fourth-order valence-electron chi connectivity index (χ4n) is 5.68. The number of ether oxygens (including phenoxy) is 1. The summed E-state index contributed by atoms with van der Waals surface area (Å²) in [7, 11) is 2.12. The normalized spacial score (nSPS) is 14.7. The second-order valence-electron chi connectivity index (χ2n) is 9.74. The third-order valence-electron chi connectivity index (χ3n) is 7.30. The van der Waals surface area contributed by atoms with Crippen molar-refractivity contribution in [2.24, 2.45) is 0 Å². The van der Waals surface area contributed by atoms with Crippen LogP contribution in [0.5, 0.6) is 5.75 Å². The van der Waals surface area contributed by atoms with Crippen LogP contribution >= 0.6 is 0 Å². The molecule has 0 unspecified atom stereocenters. The Balaban J connectivity index is 1.57. The quantitative estimate of drug-likeness (QED) is 0.190. The summed E-state index contributed by atoms with van der Waals surface area (Å²) in [4.78, 5) is 30.5. The Morgan fingerprint density at radius 1 is 1.08 bits per heavy atom. The van der Waals surface area contributed by atoms with Gasteiger partial charge in [0.25, 0.3) is 0 Å². The fraction of sp³-hybridized carbons (Fsp3) is 0.333. The number of nitrogens with zero attached hydrogens (tertiary/aromatic N) is 2. The lowest BCUT2D eigenvalue weighted by molar-refractivity contribution is -0.272. The molecule has 0 aliphatic carbocycles. The minimum absolute atomic E-state index is 0.141. The van der Waals surface area contributed by atoms with Crippen LogP contribution in [0.1, 0.15) is 42.0 Å². The Hall–Kier alpha value is -3.48. The largest absolute Gasteiger partial charge is 0.493 e. The van der Waals surface area contributed by atoms with Gasteiger partial charge in [-0.25, -0.2) is 4.79 Å². The molecular weight excluding hydrogens is 452 g/mol. The van der Waals surface area contributed by atoms with Crippen LogP contribution in [0.25, 0.3) is 32.8 Å². The average molecular weight is 483 g/mol. The summed E-state index contributed by atoms with van der Waals surface area (Å²) in [5, 5.41) is 3.42. The van der Waals surface area contributed by atoms with E-state index in [-0.39, 0.29) is 12.4 Å². The number of rotatable bonds is 7. The van der Waals surface area contributed by atoms with Gasteiger partial charge in [0.2, 0.25) is 0 Å². The van der Waals surface area contributed by atoms with Crippen molar-refractivity contribution in [3.63, 3.8) is 0 Å². The highest BCUT2D eigenvalue weighted by molar-refractivity contribution is 6.09. The Morgan fingerprint density at radius 3 is 2.78 bits per heavy atom. The summed E-state index contributed by atoms with van der Waals surface area (Å²) < 4.78 is 5.98. The molecule has 184 valence electrons. The number of pyridine rings is 1. The third-order valence-corrected chi connectivity index (χ3v) is 7.30. The maximum atomic E-state index is 13.0. The van der Waals surface area contributed by atoms with Gasteiger partial charge in [-0.15, -0.1) is 0 Å². The van der Waals surface area contributed by atoms with E-state index in [2.05, 4.69) is 55.3 Å². The molecule has 2 aliphatic heterocycles. The van der Waals surface area contributed by atoms with Crippen LogP contribution < -0.4 is 4.74 Å². The van der Waals surface area contributed by atoms with Gasteiger partial charge in [-0.1, -0.05) is 37.6 Å². The molecule has 0 bridgehead atoms. The van der Waals surface area contributed by atoms with E-state index >= 15 is 0 Å². The van der Waals surface area contributed by atoms with Crippen molar-refractivity contribution in [3.05, 3.63) is 70.9 Å². The van der Waals surface area contributed by atoms with Crippen LogP contribution in [0.2, 0.25) is 0 Å². The SMILES string of the molecule is CCCCOOC(=O)Cc1c2c(c3ccccc3c1-c1ccc3c4c(ccnc14)CCO3)CN(C)C2. The van der Waals surface area contributed by atoms with Crippen LogP contribution in [0, 0.1) is 0 Å². The Morgan fingerprint density at radius 2 is 1.92 bits per heavy atom. The topological polar surface area (TPSA) is 60.9 Å². The summed E-state index contributed by atoms with van der Waals surface area (Å²) >= 11 is 0. The third kappa shape index (κ3) is 3.91. The number of hydrogen-bond acceptors (Lipinski definition) is 6. The maximum absolute atomic E-state index is 13.0. The molecule has 6 rings (SSSR count). The van der Waals surface area contributed by atoms with E-state index in [0.717, 1.165) is 71.1 Å². The highest BCUT2D eigenvalue weighted by Crippen LogP contribution is 2.45. The van der Waals surface area contributed by atoms with Crippen molar-refractivity contribution >= 4 is 27.6 Å². The van der Waals surface area contributed by atoms with Crippen molar-refractivity contribution in [2.45, 2.75) is 45.7 Å². The zero-order chi connectivity index (χ0) is 24.6. The van der Waals surface area contributed by atoms with E-state index < -0.39 is 0 Å². The zero-order valence-corrected chi connectivity index (χ0v) is 20.8. The first-order valence-corrected chi connectivity index (χ1v) is 12.8. The standard InChI is InChI=1S/C30H30N2O4/c1-3-4-14-35-36-27(33)16-23-25-18-32(2)17-24(25)20-7-5-6-8-21(20)29(23)22-9-10-26-28-19(12-15-34-26)11-13-31-30(22)28/h5-11,13H,3-4,12,14-18H2,1-2H3. The smallest absolute Gasteiger partial charge is 0.346 e. The maximum Gasteiger partial charge on any atom is 0.346 e. The van der Waals surface area contributed by atoms with Crippen LogP contribution in [-0.4, -0.2) is 36.1 Å². The zero-order valence-electron chi connectivity index (χ0n) is 20.8. The van der Waals surface area contributed by atoms with Crippen LogP contribution in [-0.2, 0) is 40.5 Å². The molecular formula is C30H30N2O4. The van der Waals surface area contributed by atoms with Gasteiger partial charge < -0.3 is 4.74 Å². The van der Waals surface area contributed by atoms with Gasteiger partial charge in [0.15, 0.2) is 0 Å². The van der Waals surface area contributed by atoms with Crippen LogP contribution in [0.3, 0.4) is 0 Å². The number of carbonyl (C=O) groups excluding carboxylic acids is 1. The number of carbonyl (C=O) groups is 1. The number of hydrogen-bond donors (Lipinski definition) is 0. The van der Waals surface area contributed by atoms with Gasteiger partial charge in [-0.3, -0.25) is 14.8 Å². The summed E-state index contributed by atoms with van der Waals surface area (Å²) in [6, 6.07) is 14.7. The molecule has 0 atom stereocenters. The van der Waals surface area contributed by atoms with Crippen molar-refractivity contribution in [2.75, 3.05) is 20.3 Å². The summed E-state index contributed by atoms with van der Waals surface area (Å²) in [5.74, 6) is 0.497. The second kappa shape index (κ2) is 9.52. The molecule has 0 spiro atoms. The highest BCUT2D eigenvalue weighted by Gasteiger charge is 2.29. The van der Waals surface area contributed by atoms with E-state index in [9.17, 15) is 4.79 Å². The van der Waals surface area contributed by atoms with E-state index in [1.807, 2.05) is 12.3 Å². The van der Waals surface area contributed by atoms with E-state index in [4.69, 9.17) is 19.5 Å². The Kier molecular flexibility index (Phi) is 6.07. The van der Waals surface area contributed by atoms with Gasteiger partial charge in [0.1, 0.15) is 5.75 Å². The summed E-state index contributed by atoms with van der Waals surface area (Å²) in [5.41, 5.74) is 7.71. The molecule has 0 amide bonds. The minimum atomic E-state index is -0.376. The van der Waals surface area contributed by atoms with Crippen molar-refractivity contribution in [3.8, 4) is 16.9 Å². The number of unbranched alkanes of at least 4 members (excludes halogenated alkanes) is 1. The first-order chi connectivity index (χ1) is 17.7. The molecule has 0 saturated carbocycles. The molecule has 4 aromatic rings. The number of benzene rings is 3. The fourth-order valence-corrected chi connectivity index (χ4v) is 5.68. The predicted octanol–water partition coefficient (Wildman–Crippen LogP) is 5.75. The lowest BCUT2D eigenvalue weighted by Gasteiger charge is -2.22. The molecule has 1 aromatic heterocycles. The number of fused-ring (bicyclic) bond motifs is 3. The number of aromatic nitrogens is 1. The molecule has 3 aromatic carbocycles. The van der Waals surface area contributed by atoms with Gasteiger partial charge >= 0.3 is 5.97 Å². The molecule has 0 N–H and O–H groups in total. The minimum Gasteiger partial charge on any atom is -0.493 e. The van der Waals surface area contributed by atoms with Crippen LogP contribution in [0.15, 0.2) is 48.7 Å². The van der Waals surface area contributed by atoms with Crippen molar-refractivity contribution < 1.29 is 19.3 Å². The second-order valence-corrected chi connectivity index (χ2v) is 9.74. The van der Waals surface area contributed by atoms with E-state index in [1.54, 1.807) is 0 Å². The molecule has 0 saturated heterocycles. The van der Waals surface area contributed by atoms with Crippen molar-refractivity contribution in [1.82, 2.24) is 9.88 Å². The Labute approximate surface area is 210 Å². The van der Waals surface area contributed by atoms with Gasteiger partial charge in [-0.2, -0.15) is 4.89 Å². The molecule has 2 aliphatic rings. The molecule has 6 heteroatoms. The van der Waals surface area contributed by atoms with Gasteiger partial charge in [0.05, 0.1) is 25.2 Å². The predicted molar refractivity (Wildman–Crippen MR) is 140 cm³/mol. The summed E-state index contributed by atoms with van der Waals surface area (Å²) in [6.45, 7) is 4.79. The summed E-state index contributed by atoms with van der Waals surface area (Å²) in [6.07, 6.45) is 4.72. The van der Waals surface area contributed by atoms with Crippen LogP contribution in [0.4, 0.5) is 0 Å². The van der Waals surface area contributed by atoms with E-state index in [0.29, 0.717) is 13.2 Å². The molecule has 0 radical (unpaired) electrons. The molecule has 0 fully saturated rings. The van der Waals surface area contributed by atoms with Gasteiger partial charge in [-0.05, 0) is 70.3 Å².